The van der Waals surface area contributed by atoms with Crippen LogP contribution in [0.5, 0.6) is 0 Å². The lowest BCUT2D eigenvalue weighted by Gasteiger charge is -2.34. The molecule has 0 rings (SSSR count). The Labute approximate surface area is 144 Å². The number of amides is 1. The molecule has 1 amide bonds. The van der Waals surface area contributed by atoms with Gasteiger partial charge >= 0.3 is 12.1 Å². The molecule has 0 aliphatic heterocycles. The quantitative estimate of drug-likeness (QED) is 0.410. The van der Waals surface area contributed by atoms with Crippen molar-refractivity contribution in [2.75, 3.05) is 20.3 Å². The number of halogens is 3. The van der Waals surface area contributed by atoms with Crippen LogP contribution in [0.25, 0.3) is 0 Å². The van der Waals surface area contributed by atoms with Crippen molar-refractivity contribution in [3.63, 3.8) is 0 Å². The molecule has 0 aliphatic rings. The van der Waals surface area contributed by atoms with E-state index in [1.54, 1.807) is 7.11 Å². The lowest BCUT2D eigenvalue weighted by atomic mass is 10.2. The molecule has 1 atom stereocenters. The first-order valence-corrected chi connectivity index (χ1v) is 9.34. The van der Waals surface area contributed by atoms with Gasteiger partial charge in [-0.15, -0.1) is 0 Å². The van der Waals surface area contributed by atoms with Crippen LogP contribution >= 0.6 is 8.53 Å². The summed E-state index contributed by atoms with van der Waals surface area (Å²) in [4.78, 5) is 10.6. The van der Waals surface area contributed by atoms with Crippen LogP contribution in [0.4, 0.5) is 13.2 Å². The molecule has 1 N–H and O–H groups in total. The maximum atomic E-state index is 12.0. The number of nitrogens with zero attached hydrogens (tertiary/aromatic N) is 1. The van der Waals surface area contributed by atoms with E-state index in [0.717, 1.165) is 19.3 Å². The van der Waals surface area contributed by atoms with Gasteiger partial charge in [-0.2, -0.15) is 13.2 Å². The molecule has 0 saturated carbocycles. The van der Waals surface area contributed by atoms with Crippen LogP contribution in [0, 0.1) is 0 Å². The van der Waals surface area contributed by atoms with E-state index in [9.17, 15) is 18.0 Å². The average Bonchev–Trinajstić information content (AvgIpc) is 2.46. The van der Waals surface area contributed by atoms with Crippen molar-refractivity contribution in [3.05, 3.63) is 0 Å². The molecular weight excluding hydrogens is 344 g/mol. The summed E-state index contributed by atoms with van der Waals surface area (Å²) in [6, 6.07) is 0.626. The summed E-state index contributed by atoms with van der Waals surface area (Å²) in [5.74, 6) is -1.88. The fourth-order valence-electron chi connectivity index (χ4n) is 2.21. The van der Waals surface area contributed by atoms with Gasteiger partial charge in [-0.05, 0) is 40.5 Å². The Balaban J connectivity index is 3.83. The molecule has 0 aliphatic carbocycles. The number of hydrogen-bond donors (Lipinski definition) is 1. The topological polar surface area (TPSA) is 50.8 Å². The molecule has 0 bridgehead atoms. The lowest BCUT2D eigenvalue weighted by Crippen LogP contribution is -2.37. The number of unbranched alkanes of at least 4 members (excludes halogenated alkanes) is 3. The molecule has 5 nitrogen and oxygen atoms in total. The van der Waals surface area contributed by atoms with Gasteiger partial charge in [0.15, 0.2) is 0 Å². The Morgan fingerprint density at radius 1 is 1.08 bits per heavy atom. The van der Waals surface area contributed by atoms with Crippen LogP contribution in [0.15, 0.2) is 0 Å². The number of hydrogen-bond acceptors (Lipinski definition) is 4. The van der Waals surface area contributed by atoms with Crippen LogP contribution in [-0.4, -0.2) is 49.1 Å². The maximum Gasteiger partial charge on any atom is 0.471 e. The smallest absolute Gasteiger partial charge is 0.348 e. The number of carbonyl (C=O) groups excluding carboxylic acids is 1. The van der Waals surface area contributed by atoms with Crippen molar-refractivity contribution < 1.29 is 27.0 Å². The van der Waals surface area contributed by atoms with Crippen molar-refractivity contribution in [2.24, 2.45) is 0 Å². The highest BCUT2D eigenvalue weighted by Crippen LogP contribution is 2.45. The van der Waals surface area contributed by atoms with Crippen LogP contribution in [-0.2, 0) is 13.8 Å². The second kappa shape index (κ2) is 12.0. The predicted octanol–water partition coefficient (Wildman–Crippen LogP) is 4.23. The zero-order valence-electron chi connectivity index (χ0n) is 15.2. The molecule has 0 spiro atoms. The summed E-state index contributed by atoms with van der Waals surface area (Å²) in [6.07, 6.45) is -1.91. The Bertz CT molecular complexity index is 347. The van der Waals surface area contributed by atoms with Crippen molar-refractivity contribution in [2.45, 2.75) is 71.6 Å². The van der Waals surface area contributed by atoms with Gasteiger partial charge in [-0.3, -0.25) is 4.79 Å². The lowest BCUT2D eigenvalue weighted by molar-refractivity contribution is -0.173. The van der Waals surface area contributed by atoms with Crippen LogP contribution in [0.2, 0.25) is 0 Å². The first-order chi connectivity index (χ1) is 11.1. The van der Waals surface area contributed by atoms with E-state index in [4.69, 9.17) is 9.05 Å². The van der Waals surface area contributed by atoms with E-state index < -0.39 is 20.6 Å². The molecule has 0 fully saturated rings. The summed E-state index contributed by atoms with van der Waals surface area (Å²) >= 11 is 0. The summed E-state index contributed by atoms with van der Waals surface area (Å²) < 4.78 is 49.4. The maximum absolute atomic E-state index is 12.0. The highest BCUT2D eigenvalue weighted by atomic mass is 31.2. The van der Waals surface area contributed by atoms with E-state index in [1.165, 1.54) is 0 Å². The normalized spacial score (nSPS) is 13.8. The van der Waals surface area contributed by atoms with E-state index in [-0.39, 0.29) is 6.54 Å². The molecule has 0 heterocycles. The summed E-state index contributed by atoms with van der Waals surface area (Å²) in [5.41, 5.74) is 0. The monoisotopic (exact) mass is 374 g/mol. The van der Waals surface area contributed by atoms with Crippen molar-refractivity contribution in [1.82, 2.24) is 9.99 Å². The minimum Gasteiger partial charge on any atom is -0.348 e. The molecule has 1 unspecified atom stereocenters. The number of rotatable bonds is 12. The molecule has 0 aromatic rings. The molecule has 0 aromatic heterocycles. The van der Waals surface area contributed by atoms with Gasteiger partial charge in [0.2, 0.25) is 0 Å². The zero-order valence-corrected chi connectivity index (χ0v) is 16.0. The minimum atomic E-state index is -4.80. The minimum absolute atomic E-state index is 0.0401. The van der Waals surface area contributed by atoms with Gasteiger partial charge < -0.3 is 14.4 Å². The van der Waals surface area contributed by atoms with Crippen LogP contribution in [0.1, 0.15) is 53.4 Å². The molecule has 24 heavy (non-hydrogen) atoms. The van der Waals surface area contributed by atoms with E-state index >= 15 is 0 Å². The predicted molar refractivity (Wildman–Crippen MR) is 89.5 cm³/mol. The van der Waals surface area contributed by atoms with Crippen molar-refractivity contribution in [3.8, 4) is 0 Å². The van der Waals surface area contributed by atoms with Gasteiger partial charge in [-0.1, -0.05) is 12.8 Å². The summed E-state index contributed by atoms with van der Waals surface area (Å²) in [6.45, 7) is 8.95. The highest BCUT2D eigenvalue weighted by Gasteiger charge is 2.38. The first kappa shape index (κ1) is 23.6. The fraction of sp³-hybridized carbons (Fsp3) is 0.933. The molecule has 144 valence electrons. The third-order valence-electron chi connectivity index (χ3n) is 3.22. The number of nitrogens with one attached hydrogen (secondary N) is 1. The van der Waals surface area contributed by atoms with Crippen LogP contribution < -0.4 is 5.32 Å². The summed E-state index contributed by atoms with van der Waals surface area (Å²) in [7, 11) is 0.533. The Hall–Kier alpha value is -0.430. The third-order valence-corrected chi connectivity index (χ3v) is 5.24. The molecular formula is C15H30F3N2O3P. The zero-order chi connectivity index (χ0) is 18.8. The van der Waals surface area contributed by atoms with E-state index in [2.05, 4.69) is 32.4 Å². The summed E-state index contributed by atoms with van der Waals surface area (Å²) in [5, 5.41) is 1.86. The number of carbonyl (C=O) groups is 1. The Morgan fingerprint density at radius 3 is 2.08 bits per heavy atom. The van der Waals surface area contributed by atoms with Gasteiger partial charge in [0.25, 0.3) is 8.53 Å². The second-order valence-corrected chi connectivity index (χ2v) is 7.55. The van der Waals surface area contributed by atoms with E-state index in [1.807, 2.05) is 5.32 Å². The first-order valence-electron chi connectivity index (χ1n) is 8.21. The second-order valence-electron chi connectivity index (χ2n) is 5.99. The van der Waals surface area contributed by atoms with Crippen LogP contribution in [0.3, 0.4) is 0 Å². The Kier molecular flexibility index (Phi) is 11.8. The SMILES string of the molecule is COP(OCCCCCCNC(=O)C(F)(F)F)N(C(C)C)C(C)C. The molecule has 0 radical (unpaired) electrons. The average molecular weight is 374 g/mol. The number of alkyl halides is 3. The van der Waals surface area contributed by atoms with Crippen molar-refractivity contribution in [1.29, 1.82) is 0 Å². The highest BCUT2D eigenvalue weighted by molar-refractivity contribution is 7.44. The standard InChI is InChI=1S/C15H30F3N2O3P/c1-12(2)20(13(3)4)24(22-5)23-11-9-7-6-8-10-19-14(21)15(16,17)18/h12-13H,6-11H2,1-5H3,(H,19,21). The molecule has 0 saturated heterocycles. The van der Waals surface area contributed by atoms with E-state index in [0.29, 0.717) is 25.1 Å². The largest absolute Gasteiger partial charge is 0.471 e. The molecule has 0 aromatic carbocycles. The Morgan fingerprint density at radius 2 is 1.62 bits per heavy atom. The van der Waals surface area contributed by atoms with Crippen molar-refractivity contribution >= 4 is 14.4 Å². The van der Waals surface area contributed by atoms with Gasteiger partial charge in [0.05, 0.1) is 6.61 Å². The van der Waals surface area contributed by atoms with Gasteiger partial charge in [-0.25, -0.2) is 4.67 Å². The fourth-order valence-corrected chi connectivity index (χ4v) is 3.68. The molecule has 9 heteroatoms. The third kappa shape index (κ3) is 9.77. The van der Waals surface area contributed by atoms with Gasteiger partial charge in [0, 0.05) is 25.7 Å². The van der Waals surface area contributed by atoms with Gasteiger partial charge in [0.1, 0.15) is 0 Å².